The van der Waals surface area contributed by atoms with Crippen LogP contribution in [0.2, 0.25) is 10.0 Å². The van der Waals surface area contributed by atoms with Gasteiger partial charge in [-0.25, -0.2) is 0 Å². The monoisotopic (exact) mass is 378 g/mol. The Kier molecular flexibility index (Phi) is 5.25. The second-order valence-electron chi connectivity index (χ2n) is 5.87. The number of nitrogens with zero attached hydrogens (tertiary/aromatic N) is 2. The van der Waals surface area contributed by atoms with E-state index in [-0.39, 0.29) is 10.6 Å². The summed E-state index contributed by atoms with van der Waals surface area (Å²) in [6.07, 6.45) is 3.21. The molecule has 1 aromatic heterocycles. The van der Waals surface area contributed by atoms with Crippen molar-refractivity contribution in [3.63, 3.8) is 0 Å². The second-order valence-corrected chi connectivity index (χ2v) is 6.71. The molecule has 0 saturated carbocycles. The van der Waals surface area contributed by atoms with E-state index in [1.165, 1.54) is 24.4 Å². The summed E-state index contributed by atoms with van der Waals surface area (Å²) in [5.74, 6) is -0.940. The standard InChI is InChI=1S/C18H16Cl2N2O3/c19-12-6-7-14(20)13(11-12)17(24)16(18(25)21-8-3-4-9-21)22-10-2-1-5-15(22)23/h1-2,5-7,10-11,16H,3-4,8-9H2/t16-/m0/s1. The fourth-order valence-electron chi connectivity index (χ4n) is 2.95. The molecule has 1 aliphatic heterocycles. The zero-order valence-electron chi connectivity index (χ0n) is 13.3. The van der Waals surface area contributed by atoms with E-state index in [0.29, 0.717) is 18.1 Å². The van der Waals surface area contributed by atoms with Crippen molar-refractivity contribution >= 4 is 34.9 Å². The van der Waals surface area contributed by atoms with Crippen LogP contribution in [0.5, 0.6) is 0 Å². The molecule has 0 radical (unpaired) electrons. The van der Waals surface area contributed by atoms with Crippen molar-refractivity contribution in [3.8, 4) is 0 Å². The third kappa shape index (κ3) is 3.62. The molecule has 0 N–H and O–H groups in total. The number of pyridine rings is 1. The molecule has 7 heteroatoms. The molecular weight excluding hydrogens is 363 g/mol. The molecule has 0 unspecified atom stereocenters. The lowest BCUT2D eigenvalue weighted by Crippen LogP contribution is -2.42. The Balaban J connectivity index is 2.09. The normalized spacial score (nSPS) is 15.2. The maximum Gasteiger partial charge on any atom is 0.253 e. The number of carbonyl (C=O) groups is 2. The summed E-state index contributed by atoms with van der Waals surface area (Å²) in [6, 6.07) is 7.69. The topological polar surface area (TPSA) is 59.4 Å². The van der Waals surface area contributed by atoms with Gasteiger partial charge in [-0.15, -0.1) is 0 Å². The molecule has 130 valence electrons. The minimum Gasteiger partial charge on any atom is -0.340 e. The Morgan fingerprint density at radius 2 is 1.76 bits per heavy atom. The summed E-state index contributed by atoms with van der Waals surface area (Å²) in [4.78, 5) is 40.0. The van der Waals surface area contributed by atoms with Crippen LogP contribution < -0.4 is 5.56 Å². The number of aromatic nitrogens is 1. The third-order valence-corrected chi connectivity index (χ3v) is 4.79. The Hall–Kier alpha value is -2.11. The molecule has 1 amide bonds. The number of benzene rings is 1. The minimum absolute atomic E-state index is 0.127. The van der Waals surface area contributed by atoms with Crippen LogP contribution in [-0.4, -0.2) is 34.2 Å². The van der Waals surface area contributed by atoms with E-state index in [1.807, 2.05) is 0 Å². The molecule has 0 spiro atoms. The minimum atomic E-state index is -1.29. The second kappa shape index (κ2) is 7.42. The van der Waals surface area contributed by atoms with Crippen LogP contribution in [0.15, 0.2) is 47.4 Å². The number of carbonyl (C=O) groups excluding carboxylic acids is 2. The highest BCUT2D eigenvalue weighted by Gasteiger charge is 2.35. The predicted octanol–water partition coefficient (Wildman–Crippen LogP) is 3.20. The van der Waals surface area contributed by atoms with Crippen LogP contribution in [0.25, 0.3) is 0 Å². The van der Waals surface area contributed by atoms with E-state index in [0.717, 1.165) is 17.4 Å². The smallest absolute Gasteiger partial charge is 0.253 e. The van der Waals surface area contributed by atoms with Crippen molar-refractivity contribution in [2.45, 2.75) is 18.9 Å². The van der Waals surface area contributed by atoms with Gasteiger partial charge < -0.3 is 4.90 Å². The van der Waals surface area contributed by atoms with E-state index < -0.39 is 23.3 Å². The molecule has 1 atom stereocenters. The summed E-state index contributed by atoms with van der Waals surface area (Å²) in [5.41, 5.74) is -0.297. The SMILES string of the molecule is O=C(c1cc(Cl)ccc1Cl)[C@@H](C(=O)N1CCCC1)n1ccccc1=O. The first kappa shape index (κ1) is 17.7. The number of rotatable bonds is 4. The number of hydrogen-bond acceptors (Lipinski definition) is 3. The van der Waals surface area contributed by atoms with Crippen LogP contribution >= 0.6 is 23.2 Å². The summed E-state index contributed by atoms with van der Waals surface area (Å²) in [5, 5.41) is 0.526. The van der Waals surface area contributed by atoms with E-state index in [1.54, 1.807) is 23.1 Å². The zero-order chi connectivity index (χ0) is 18.0. The van der Waals surface area contributed by atoms with Crippen molar-refractivity contribution in [2.24, 2.45) is 0 Å². The van der Waals surface area contributed by atoms with Gasteiger partial charge in [0, 0.05) is 35.9 Å². The van der Waals surface area contributed by atoms with Gasteiger partial charge in [-0.1, -0.05) is 29.3 Å². The average Bonchev–Trinajstić information content (AvgIpc) is 3.13. The molecule has 1 fully saturated rings. The number of amides is 1. The Morgan fingerprint density at radius 3 is 2.44 bits per heavy atom. The molecule has 0 aliphatic carbocycles. The first-order valence-electron chi connectivity index (χ1n) is 7.94. The summed E-state index contributed by atoms with van der Waals surface area (Å²) < 4.78 is 1.15. The largest absolute Gasteiger partial charge is 0.340 e. The first-order valence-corrected chi connectivity index (χ1v) is 8.70. The summed E-state index contributed by atoms with van der Waals surface area (Å²) >= 11 is 12.1. The van der Waals surface area contributed by atoms with Gasteiger partial charge in [0.2, 0.25) is 0 Å². The number of halogens is 2. The number of hydrogen-bond donors (Lipinski definition) is 0. The first-order chi connectivity index (χ1) is 12.0. The third-order valence-electron chi connectivity index (χ3n) is 4.22. The molecule has 1 aromatic carbocycles. The molecule has 0 bridgehead atoms. The fourth-order valence-corrected chi connectivity index (χ4v) is 3.34. The van der Waals surface area contributed by atoms with Crippen LogP contribution in [-0.2, 0) is 4.79 Å². The highest BCUT2D eigenvalue weighted by Crippen LogP contribution is 2.26. The molecule has 25 heavy (non-hydrogen) atoms. The molecular formula is C18H16Cl2N2O3. The molecule has 1 saturated heterocycles. The Labute approximate surface area is 154 Å². The Morgan fingerprint density at radius 1 is 1.04 bits per heavy atom. The van der Waals surface area contributed by atoms with Crippen molar-refractivity contribution in [1.82, 2.24) is 9.47 Å². The van der Waals surface area contributed by atoms with Crippen LogP contribution in [0.4, 0.5) is 0 Å². The lowest BCUT2D eigenvalue weighted by molar-refractivity contribution is -0.132. The summed E-state index contributed by atoms with van der Waals surface area (Å²) in [7, 11) is 0. The van der Waals surface area contributed by atoms with E-state index in [2.05, 4.69) is 0 Å². The molecule has 2 heterocycles. The summed E-state index contributed by atoms with van der Waals surface area (Å²) in [6.45, 7) is 1.15. The van der Waals surface area contributed by atoms with E-state index in [9.17, 15) is 14.4 Å². The number of likely N-dealkylation sites (tertiary alicyclic amines) is 1. The molecule has 3 rings (SSSR count). The van der Waals surface area contributed by atoms with E-state index >= 15 is 0 Å². The maximum atomic E-state index is 13.1. The highest BCUT2D eigenvalue weighted by molar-refractivity contribution is 6.36. The zero-order valence-corrected chi connectivity index (χ0v) is 14.8. The van der Waals surface area contributed by atoms with Gasteiger partial charge in [0.1, 0.15) is 0 Å². The van der Waals surface area contributed by atoms with Crippen LogP contribution in [0, 0.1) is 0 Å². The van der Waals surface area contributed by atoms with Crippen molar-refractivity contribution in [3.05, 3.63) is 68.6 Å². The quantitative estimate of drug-likeness (QED) is 0.606. The van der Waals surface area contributed by atoms with Gasteiger partial charge in [0.05, 0.1) is 5.02 Å². The lowest BCUT2D eigenvalue weighted by atomic mass is 10.0. The molecule has 5 nitrogen and oxygen atoms in total. The van der Waals surface area contributed by atoms with Gasteiger partial charge in [-0.05, 0) is 37.1 Å². The van der Waals surface area contributed by atoms with Crippen LogP contribution in [0.3, 0.4) is 0 Å². The number of Topliss-reactive ketones (excluding diaryl/α,β-unsaturated/α-hetero) is 1. The van der Waals surface area contributed by atoms with Crippen molar-refractivity contribution in [2.75, 3.05) is 13.1 Å². The highest BCUT2D eigenvalue weighted by atomic mass is 35.5. The van der Waals surface area contributed by atoms with Crippen molar-refractivity contribution < 1.29 is 9.59 Å². The Bertz CT molecular complexity index is 873. The molecule has 2 aromatic rings. The number of ketones is 1. The van der Waals surface area contributed by atoms with Gasteiger partial charge >= 0.3 is 0 Å². The lowest BCUT2D eigenvalue weighted by Gasteiger charge is -2.24. The van der Waals surface area contributed by atoms with Crippen LogP contribution in [0.1, 0.15) is 29.2 Å². The van der Waals surface area contributed by atoms with Gasteiger partial charge in [-0.3, -0.25) is 19.0 Å². The maximum absolute atomic E-state index is 13.1. The average molecular weight is 379 g/mol. The van der Waals surface area contributed by atoms with E-state index in [4.69, 9.17) is 23.2 Å². The predicted molar refractivity (Wildman–Crippen MR) is 96.3 cm³/mol. The molecule has 1 aliphatic rings. The fraction of sp³-hybridized carbons (Fsp3) is 0.278. The van der Waals surface area contributed by atoms with Gasteiger partial charge in [-0.2, -0.15) is 0 Å². The van der Waals surface area contributed by atoms with Gasteiger partial charge in [0.15, 0.2) is 11.8 Å². The van der Waals surface area contributed by atoms with Gasteiger partial charge in [0.25, 0.3) is 11.5 Å². The van der Waals surface area contributed by atoms with Crippen molar-refractivity contribution in [1.29, 1.82) is 0 Å².